The van der Waals surface area contributed by atoms with Gasteiger partial charge in [0.05, 0.1) is 11.6 Å². The van der Waals surface area contributed by atoms with E-state index in [2.05, 4.69) is 10.3 Å². The standard InChI is InChI=1S/C18H20ClN5O6/c1-22-15-14(16(28)23(2)18(22)29)24(17(21-15)20-7-13(26)27)8-10(25)9-30-12-6-4-3-5-11(12)19/h3-6,10,25H,7-9H2,1-2H3,(H,20,21)(H,26,27)/t10-/m1/s1. The van der Waals surface area contributed by atoms with Crippen LogP contribution in [-0.4, -0.2) is 54.1 Å². The van der Waals surface area contributed by atoms with Crippen molar-refractivity contribution in [2.45, 2.75) is 12.6 Å². The van der Waals surface area contributed by atoms with Crippen molar-refractivity contribution in [3.8, 4) is 5.75 Å². The molecule has 11 nitrogen and oxygen atoms in total. The third kappa shape index (κ3) is 4.16. The number of carboxylic acids is 1. The van der Waals surface area contributed by atoms with Gasteiger partial charge in [-0.25, -0.2) is 4.79 Å². The largest absolute Gasteiger partial charge is 0.489 e. The Morgan fingerprint density at radius 2 is 1.97 bits per heavy atom. The van der Waals surface area contributed by atoms with E-state index in [1.54, 1.807) is 24.3 Å². The molecule has 1 aromatic carbocycles. The molecule has 30 heavy (non-hydrogen) atoms. The quantitative estimate of drug-likeness (QED) is 0.448. The first-order valence-corrected chi connectivity index (χ1v) is 9.25. The molecule has 0 radical (unpaired) electrons. The lowest BCUT2D eigenvalue weighted by Crippen LogP contribution is -2.38. The number of fused-ring (bicyclic) bond motifs is 1. The van der Waals surface area contributed by atoms with E-state index >= 15 is 0 Å². The Morgan fingerprint density at radius 1 is 1.27 bits per heavy atom. The first kappa shape index (κ1) is 21.4. The number of carbonyl (C=O) groups is 1. The molecule has 2 heterocycles. The van der Waals surface area contributed by atoms with Crippen molar-refractivity contribution in [2.75, 3.05) is 18.5 Å². The Bertz CT molecular complexity index is 1210. The Morgan fingerprint density at radius 3 is 2.63 bits per heavy atom. The number of hydrogen-bond donors (Lipinski definition) is 3. The number of ether oxygens (including phenoxy) is 1. The Kier molecular flexibility index (Phi) is 6.13. The molecule has 0 aliphatic rings. The number of carboxylic acid groups (broad SMARTS) is 1. The molecule has 3 N–H and O–H groups in total. The van der Waals surface area contributed by atoms with Gasteiger partial charge in [0, 0.05) is 14.1 Å². The van der Waals surface area contributed by atoms with E-state index in [0.29, 0.717) is 10.8 Å². The summed E-state index contributed by atoms with van der Waals surface area (Å²) in [7, 11) is 2.77. The maximum absolute atomic E-state index is 12.7. The summed E-state index contributed by atoms with van der Waals surface area (Å²) in [6.07, 6.45) is -1.09. The molecule has 0 bridgehead atoms. The molecule has 0 saturated heterocycles. The predicted octanol–water partition coefficient (Wildman–Crippen LogP) is 0.0235. The van der Waals surface area contributed by atoms with Gasteiger partial charge in [-0.05, 0) is 12.1 Å². The van der Waals surface area contributed by atoms with E-state index < -0.39 is 29.9 Å². The maximum atomic E-state index is 12.7. The number of aliphatic hydroxyl groups excluding tert-OH is 1. The zero-order chi connectivity index (χ0) is 22.0. The summed E-state index contributed by atoms with van der Waals surface area (Å²) >= 11 is 6.03. The van der Waals surface area contributed by atoms with Crippen LogP contribution in [-0.2, 0) is 25.4 Å². The Hall–Kier alpha value is -3.31. The third-order valence-electron chi connectivity index (χ3n) is 4.41. The summed E-state index contributed by atoms with van der Waals surface area (Å²) in [5.41, 5.74) is -1.09. The molecule has 0 fully saturated rings. The van der Waals surface area contributed by atoms with Gasteiger partial charge in [0.1, 0.15) is 25.0 Å². The Labute approximate surface area is 174 Å². The molecule has 3 rings (SSSR count). The van der Waals surface area contributed by atoms with Gasteiger partial charge in [-0.2, -0.15) is 4.98 Å². The van der Waals surface area contributed by atoms with E-state index in [9.17, 15) is 19.5 Å². The maximum Gasteiger partial charge on any atom is 0.332 e. The number of nitrogens with zero attached hydrogens (tertiary/aromatic N) is 4. The lowest BCUT2D eigenvalue weighted by Gasteiger charge is -2.16. The second kappa shape index (κ2) is 8.59. The number of aliphatic hydroxyl groups is 1. The molecule has 2 aromatic heterocycles. The van der Waals surface area contributed by atoms with Crippen molar-refractivity contribution in [2.24, 2.45) is 14.1 Å². The normalized spacial score (nSPS) is 12.1. The van der Waals surface area contributed by atoms with Crippen LogP contribution in [0.1, 0.15) is 0 Å². The van der Waals surface area contributed by atoms with Crippen LogP contribution >= 0.6 is 11.6 Å². The molecule has 1 atom stereocenters. The van der Waals surface area contributed by atoms with Gasteiger partial charge in [0.15, 0.2) is 11.2 Å². The molecule has 0 unspecified atom stereocenters. The van der Waals surface area contributed by atoms with Gasteiger partial charge in [-0.15, -0.1) is 0 Å². The highest BCUT2D eigenvalue weighted by Crippen LogP contribution is 2.23. The van der Waals surface area contributed by atoms with Crippen molar-refractivity contribution in [1.29, 1.82) is 0 Å². The first-order valence-electron chi connectivity index (χ1n) is 8.88. The van der Waals surface area contributed by atoms with Crippen molar-refractivity contribution in [1.82, 2.24) is 18.7 Å². The zero-order valence-corrected chi connectivity index (χ0v) is 17.0. The molecule has 0 amide bonds. The number of aromatic nitrogens is 4. The molecule has 3 aromatic rings. The lowest BCUT2D eigenvalue weighted by molar-refractivity contribution is -0.134. The molecule has 0 spiro atoms. The van der Waals surface area contributed by atoms with Crippen LogP contribution in [0.3, 0.4) is 0 Å². The molecule has 0 aliphatic heterocycles. The minimum Gasteiger partial charge on any atom is -0.489 e. The van der Waals surface area contributed by atoms with Gasteiger partial charge in [-0.1, -0.05) is 23.7 Å². The van der Waals surface area contributed by atoms with E-state index in [1.165, 1.54) is 23.2 Å². The summed E-state index contributed by atoms with van der Waals surface area (Å²) in [5.74, 6) is -0.725. The van der Waals surface area contributed by atoms with Crippen LogP contribution in [0.25, 0.3) is 11.2 Å². The fourth-order valence-electron chi connectivity index (χ4n) is 2.93. The number of nitrogens with one attached hydrogen (secondary N) is 1. The predicted molar refractivity (Wildman–Crippen MR) is 109 cm³/mol. The minimum atomic E-state index is -1.14. The van der Waals surface area contributed by atoms with Gasteiger partial charge in [0.25, 0.3) is 5.56 Å². The van der Waals surface area contributed by atoms with Crippen molar-refractivity contribution in [3.05, 3.63) is 50.1 Å². The highest BCUT2D eigenvalue weighted by atomic mass is 35.5. The van der Waals surface area contributed by atoms with E-state index in [0.717, 1.165) is 4.57 Å². The van der Waals surface area contributed by atoms with Crippen molar-refractivity contribution in [3.63, 3.8) is 0 Å². The second-order valence-electron chi connectivity index (χ2n) is 6.57. The zero-order valence-electron chi connectivity index (χ0n) is 16.2. The summed E-state index contributed by atoms with van der Waals surface area (Å²) < 4.78 is 8.94. The SMILES string of the molecule is Cn1c(=O)c2c(nc(NCC(=O)O)n2C[C@@H](O)COc2ccccc2Cl)n(C)c1=O. The van der Waals surface area contributed by atoms with Crippen LogP contribution in [0.4, 0.5) is 5.95 Å². The first-order chi connectivity index (χ1) is 14.2. The average Bonchev–Trinajstić information content (AvgIpc) is 3.06. The fourth-order valence-corrected chi connectivity index (χ4v) is 3.12. The van der Waals surface area contributed by atoms with Gasteiger partial charge in [0.2, 0.25) is 5.95 Å². The summed E-state index contributed by atoms with van der Waals surface area (Å²) in [4.78, 5) is 40.0. The molecular formula is C18H20ClN5O6. The summed E-state index contributed by atoms with van der Waals surface area (Å²) in [6, 6.07) is 6.76. The number of hydrogen-bond acceptors (Lipinski definition) is 7. The topological polar surface area (TPSA) is 141 Å². The number of halogens is 1. The summed E-state index contributed by atoms with van der Waals surface area (Å²) in [5, 5.41) is 22.4. The fraction of sp³-hybridized carbons (Fsp3) is 0.333. The number of aryl methyl sites for hydroxylation is 1. The number of aliphatic carboxylic acids is 1. The highest BCUT2D eigenvalue weighted by Gasteiger charge is 2.21. The van der Waals surface area contributed by atoms with Crippen LogP contribution in [0, 0.1) is 0 Å². The van der Waals surface area contributed by atoms with Crippen LogP contribution < -0.4 is 21.3 Å². The smallest absolute Gasteiger partial charge is 0.332 e. The third-order valence-corrected chi connectivity index (χ3v) is 4.72. The van der Waals surface area contributed by atoms with E-state index in [-0.39, 0.29) is 30.3 Å². The molecule has 0 aliphatic carbocycles. The molecule has 160 valence electrons. The van der Waals surface area contributed by atoms with E-state index in [1.807, 2.05) is 0 Å². The van der Waals surface area contributed by atoms with E-state index in [4.69, 9.17) is 21.4 Å². The lowest BCUT2D eigenvalue weighted by atomic mass is 10.3. The minimum absolute atomic E-state index is 0.0301. The number of benzene rings is 1. The van der Waals surface area contributed by atoms with Gasteiger partial charge in [-0.3, -0.25) is 18.7 Å². The number of para-hydroxylation sites is 1. The van der Waals surface area contributed by atoms with Crippen molar-refractivity contribution < 1.29 is 19.7 Å². The summed E-state index contributed by atoms with van der Waals surface area (Å²) in [6.45, 7) is -0.756. The van der Waals surface area contributed by atoms with Crippen molar-refractivity contribution >= 4 is 34.7 Å². The monoisotopic (exact) mass is 437 g/mol. The molecule has 0 saturated carbocycles. The second-order valence-corrected chi connectivity index (χ2v) is 6.97. The number of anilines is 1. The Balaban J connectivity index is 1.96. The average molecular weight is 438 g/mol. The molecular weight excluding hydrogens is 418 g/mol. The highest BCUT2D eigenvalue weighted by molar-refractivity contribution is 6.32. The van der Waals surface area contributed by atoms with Gasteiger partial charge < -0.3 is 24.8 Å². The van der Waals surface area contributed by atoms with Crippen LogP contribution in [0.15, 0.2) is 33.9 Å². The van der Waals surface area contributed by atoms with Crippen LogP contribution in [0.5, 0.6) is 5.75 Å². The number of imidazole rings is 1. The van der Waals surface area contributed by atoms with Crippen LogP contribution in [0.2, 0.25) is 5.02 Å². The van der Waals surface area contributed by atoms with Gasteiger partial charge >= 0.3 is 11.7 Å². The molecule has 12 heteroatoms. The number of rotatable bonds is 8.